The van der Waals surface area contributed by atoms with Gasteiger partial charge < -0.3 is 10.6 Å². The van der Waals surface area contributed by atoms with Gasteiger partial charge in [0.05, 0.1) is 4.90 Å². The van der Waals surface area contributed by atoms with Crippen LogP contribution in [-0.2, 0) is 10.0 Å². The molecule has 2 rings (SSSR count). The van der Waals surface area contributed by atoms with Crippen molar-refractivity contribution >= 4 is 15.9 Å². The number of nitrogens with one attached hydrogen (secondary N) is 2. The Kier molecular flexibility index (Phi) is 7.40. The zero-order valence-corrected chi connectivity index (χ0v) is 15.9. The average Bonchev–Trinajstić information content (AvgIpc) is 2.61. The van der Waals surface area contributed by atoms with Crippen molar-refractivity contribution < 1.29 is 13.2 Å². The molecule has 1 aromatic carbocycles. The van der Waals surface area contributed by atoms with Crippen molar-refractivity contribution in [3.63, 3.8) is 0 Å². The normalized spacial score (nSPS) is 18.9. The molecule has 0 saturated carbocycles. The summed E-state index contributed by atoms with van der Waals surface area (Å²) >= 11 is 0. The summed E-state index contributed by atoms with van der Waals surface area (Å²) in [5.74, 6) is 0.198. The lowest BCUT2D eigenvalue weighted by Crippen LogP contribution is -2.39. The number of benzene rings is 1. The Morgan fingerprint density at radius 3 is 2.56 bits per heavy atom. The Morgan fingerprint density at radius 1 is 1.20 bits per heavy atom. The fourth-order valence-corrected chi connectivity index (χ4v) is 4.56. The number of carbonyl (C=O) groups is 1. The average molecular weight is 368 g/mol. The van der Waals surface area contributed by atoms with Crippen LogP contribution in [0.4, 0.5) is 0 Å². The van der Waals surface area contributed by atoms with E-state index in [1.165, 1.54) is 12.1 Å². The summed E-state index contributed by atoms with van der Waals surface area (Å²) in [6.45, 7) is 7.49. The molecule has 7 heteroatoms. The van der Waals surface area contributed by atoms with Gasteiger partial charge in [0.25, 0.3) is 5.91 Å². The van der Waals surface area contributed by atoms with E-state index >= 15 is 0 Å². The minimum Gasteiger partial charge on any atom is -0.351 e. The highest BCUT2D eigenvalue weighted by Crippen LogP contribution is 2.23. The van der Waals surface area contributed by atoms with Crippen LogP contribution in [0.1, 0.15) is 43.5 Å². The van der Waals surface area contributed by atoms with Crippen LogP contribution in [0, 0.1) is 5.92 Å². The van der Waals surface area contributed by atoms with Crippen molar-refractivity contribution in [1.29, 1.82) is 0 Å². The first-order valence-corrected chi connectivity index (χ1v) is 10.5. The summed E-state index contributed by atoms with van der Waals surface area (Å²) in [6, 6.07) is 6.21. The van der Waals surface area contributed by atoms with Gasteiger partial charge in [-0.2, -0.15) is 4.31 Å². The number of carbonyl (C=O) groups excluding carboxylic acids is 1. The van der Waals surface area contributed by atoms with Crippen LogP contribution < -0.4 is 10.6 Å². The summed E-state index contributed by atoms with van der Waals surface area (Å²) in [4.78, 5) is 12.3. The summed E-state index contributed by atoms with van der Waals surface area (Å²) in [7, 11) is -3.47. The SMILES string of the molecule is CCCNCCNC(=O)c1ccc(S(=O)(=O)N2CCCC(C)C2)cc1. The molecule has 6 nitrogen and oxygen atoms in total. The minimum atomic E-state index is -3.47. The van der Waals surface area contributed by atoms with Crippen molar-refractivity contribution in [3.05, 3.63) is 29.8 Å². The number of rotatable bonds is 8. The molecule has 1 atom stereocenters. The first-order valence-electron chi connectivity index (χ1n) is 9.04. The summed E-state index contributed by atoms with van der Waals surface area (Å²) in [6.07, 6.45) is 3.02. The van der Waals surface area contributed by atoms with Gasteiger partial charge in [0, 0.05) is 31.7 Å². The monoisotopic (exact) mass is 367 g/mol. The van der Waals surface area contributed by atoms with Gasteiger partial charge in [0.15, 0.2) is 0 Å². The first kappa shape index (κ1) is 19.9. The number of nitrogens with zero attached hydrogens (tertiary/aromatic N) is 1. The van der Waals surface area contributed by atoms with Gasteiger partial charge in [0.1, 0.15) is 0 Å². The molecule has 140 valence electrons. The molecule has 1 heterocycles. The standard InChI is InChI=1S/C18H29N3O3S/c1-3-10-19-11-12-20-18(22)16-6-8-17(9-7-16)25(23,24)21-13-4-5-15(2)14-21/h6-9,15,19H,3-5,10-14H2,1-2H3,(H,20,22). The maximum absolute atomic E-state index is 12.7. The lowest BCUT2D eigenvalue weighted by molar-refractivity contribution is 0.0954. The Labute approximate surface area is 151 Å². The fourth-order valence-electron chi connectivity index (χ4n) is 2.96. The third-order valence-corrected chi connectivity index (χ3v) is 6.27. The smallest absolute Gasteiger partial charge is 0.251 e. The van der Waals surface area contributed by atoms with Crippen LogP contribution >= 0.6 is 0 Å². The third kappa shape index (κ3) is 5.52. The van der Waals surface area contributed by atoms with Crippen LogP contribution in [0.3, 0.4) is 0 Å². The van der Waals surface area contributed by atoms with E-state index in [0.29, 0.717) is 31.1 Å². The molecule has 1 aliphatic rings. The molecular weight excluding hydrogens is 338 g/mol. The van der Waals surface area contributed by atoms with Gasteiger partial charge in [-0.3, -0.25) is 4.79 Å². The van der Waals surface area contributed by atoms with E-state index in [9.17, 15) is 13.2 Å². The zero-order chi connectivity index (χ0) is 18.3. The molecule has 1 amide bonds. The fraction of sp³-hybridized carbons (Fsp3) is 0.611. The van der Waals surface area contributed by atoms with Gasteiger partial charge in [-0.15, -0.1) is 0 Å². The molecule has 0 aliphatic carbocycles. The molecule has 0 aromatic heterocycles. The molecule has 1 unspecified atom stereocenters. The maximum Gasteiger partial charge on any atom is 0.251 e. The van der Waals surface area contributed by atoms with Crippen LogP contribution in [0.2, 0.25) is 0 Å². The van der Waals surface area contributed by atoms with Gasteiger partial charge in [-0.1, -0.05) is 13.8 Å². The quantitative estimate of drug-likeness (QED) is 0.687. The summed E-state index contributed by atoms with van der Waals surface area (Å²) < 4.78 is 27.0. The van der Waals surface area contributed by atoms with E-state index in [1.54, 1.807) is 16.4 Å². The van der Waals surface area contributed by atoms with Crippen molar-refractivity contribution in [2.45, 2.75) is 38.0 Å². The van der Waals surface area contributed by atoms with Gasteiger partial charge >= 0.3 is 0 Å². The molecule has 0 spiro atoms. The molecule has 25 heavy (non-hydrogen) atoms. The van der Waals surface area contributed by atoms with Crippen LogP contribution in [0.25, 0.3) is 0 Å². The number of amides is 1. The maximum atomic E-state index is 12.7. The van der Waals surface area contributed by atoms with E-state index in [-0.39, 0.29) is 10.8 Å². The van der Waals surface area contributed by atoms with E-state index in [4.69, 9.17) is 0 Å². The van der Waals surface area contributed by atoms with Crippen molar-refractivity contribution in [3.8, 4) is 0 Å². The topological polar surface area (TPSA) is 78.5 Å². The summed E-state index contributed by atoms with van der Waals surface area (Å²) in [5, 5.41) is 6.04. The van der Waals surface area contributed by atoms with E-state index in [1.807, 2.05) is 0 Å². The highest BCUT2D eigenvalue weighted by molar-refractivity contribution is 7.89. The number of hydrogen-bond donors (Lipinski definition) is 2. The Morgan fingerprint density at radius 2 is 1.92 bits per heavy atom. The number of hydrogen-bond acceptors (Lipinski definition) is 4. The van der Waals surface area contributed by atoms with Gasteiger partial charge in [-0.25, -0.2) is 8.42 Å². The molecule has 0 radical (unpaired) electrons. The van der Waals surface area contributed by atoms with Gasteiger partial charge in [-0.05, 0) is 56.0 Å². The second kappa shape index (κ2) is 9.31. The largest absolute Gasteiger partial charge is 0.351 e. The molecule has 1 aromatic rings. The molecule has 1 fully saturated rings. The lowest BCUT2D eigenvalue weighted by Gasteiger charge is -2.30. The second-order valence-electron chi connectivity index (χ2n) is 6.64. The van der Waals surface area contributed by atoms with E-state index < -0.39 is 10.0 Å². The molecule has 0 bridgehead atoms. The number of sulfonamides is 1. The zero-order valence-electron chi connectivity index (χ0n) is 15.1. The molecular formula is C18H29N3O3S. The predicted molar refractivity (Wildman–Crippen MR) is 99.1 cm³/mol. The molecule has 1 saturated heterocycles. The second-order valence-corrected chi connectivity index (χ2v) is 8.58. The highest BCUT2D eigenvalue weighted by atomic mass is 32.2. The lowest BCUT2D eigenvalue weighted by atomic mass is 10.0. The Hall–Kier alpha value is -1.44. The summed E-state index contributed by atoms with van der Waals surface area (Å²) in [5.41, 5.74) is 0.474. The third-order valence-electron chi connectivity index (χ3n) is 4.39. The molecule has 2 N–H and O–H groups in total. The van der Waals surface area contributed by atoms with Crippen molar-refractivity contribution in [1.82, 2.24) is 14.9 Å². The molecule has 1 aliphatic heterocycles. The van der Waals surface area contributed by atoms with Crippen molar-refractivity contribution in [2.75, 3.05) is 32.7 Å². The predicted octanol–water partition coefficient (Wildman–Crippen LogP) is 1.84. The van der Waals surface area contributed by atoms with E-state index in [0.717, 1.165) is 32.4 Å². The van der Waals surface area contributed by atoms with Crippen LogP contribution in [0.15, 0.2) is 29.2 Å². The highest BCUT2D eigenvalue weighted by Gasteiger charge is 2.28. The van der Waals surface area contributed by atoms with Gasteiger partial charge in [0.2, 0.25) is 10.0 Å². The van der Waals surface area contributed by atoms with Crippen LogP contribution in [-0.4, -0.2) is 51.4 Å². The van der Waals surface area contributed by atoms with Crippen molar-refractivity contribution in [2.24, 2.45) is 5.92 Å². The van der Waals surface area contributed by atoms with E-state index in [2.05, 4.69) is 24.5 Å². The van der Waals surface area contributed by atoms with Crippen LogP contribution in [0.5, 0.6) is 0 Å². The Bertz CT molecular complexity index is 659. The Balaban J connectivity index is 1.95. The number of piperidine rings is 1. The first-order chi connectivity index (χ1) is 11.9. The minimum absolute atomic E-state index is 0.186.